The predicted molar refractivity (Wildman–Crippen MR) is 101 cm³/mol. The second-order valence-electron chi connectivity index (χ2n) is 7.34. The standard InChI is InChI=1S/C20H24N4O3/c1-14-21-8-5-18(22-14)15-3-2-4-16(11-15)23-19(26)24-9-6-20(7-10-24)12-17(25)13-27-20/h2-5,8,11,17,25H,6-7,9-10,12-13H2,1H3,(H,23,26)/t17-/m1/s1. The number of carbonyl (C=O) groups is 1. The van der Waals surface area contributed by atoms with Gasteiger partial charge in [0.1, 0.15) is 5.82 Å². The Labute approximate surface area is 158 Å². The molecule has 0 bridgehead atoms. The van der Waals surface area contributed by atoms with Crippen LogP contribution in [0.2, 0.25) is 0 Å². The van der Waals surface area contributed by atoms with Crippen LogP contribution in [0.3, 0.4) is 0 Å². The smallest absolute Gasteiger partial charge is 0.321 e. The Hall–Kier alpha value is -2.51. The summed E-state index contributed by atoms with van der Waals surface area (Å²) in [6.45, 7) is 3.51. The van der Waals surface area contributed by atoms with Gasteiger partial charge in [0, 0.05) is 37.0 Å². The number of aromatic nitrogens is 2. The number of aliphatic hydroxyl groups is 1. The van der Waals surface area contributed by atoms with Gasteiger partial charge < -0.3 is 20.1 Å². The molecule has 2 aliphatic heterocycles. The average Bonchev–Trinajstić information content (AvgIpc) is 3.02. The summed E-state index contributed by atoms with van der Waals surface area (Å²) in [4.78, 5) is 23.0. The molecule has 1 spiro atoms. The van der Waals surface area contributed by atoms with E-state index in [1.54, 1.807) is 11.1 Å². The molecule has 7 nitrogen and oxygen atoms in total. The number of hydrogen-bond donors (Lipinski definition) is 2. The number of anilines is 1. The number of piperidine rings is 1. The van der Waals surface area contributed by atoms with Crippen molar-refractivity contribution in [3.05, 3.63) is 42.4 Å². The van der Waals surface area contributed by atoms with Crippen LogP contribution in [0.5, 0.6) is 0 Å². The average molecular weight is 368 g/mol. The minimum atomic E-state index is -0.376. The number of aryl methyl sites for hydroxylation is 1. The van der Waals surface area contributed by atoms with Gasteiger partial charge in [0.25, 0.3) is 0 Å². The van der Waals surface area contributed by atoms with Crippen LogP contribution in [0.4, 0.5) is 10.5 Å². The monoisotopic (exact) mass is 368 g/mol. The molecule has 3 heterocycles. The predicted octanol–water partition coefficient (Wildman–Crippen LogP) is 2.60. The van der Waals surface area contributed by atoms with E-state index in [1.807, 2.05) is 37.3 Å². The SMILES string of the molecule is Cc1nccc(-c2cccc(NC(=O)N3CCC4(CC3)C[C@@H](O)CO4)c2)n1. The van der Waals surface area contributed by atoms with Crippen molar-refractivity contribution in [2.45, 2.75) is 37.9 Å². The van der Waals surface area contributed by atoms with Crippen molar-refractivity contribution in [3.8, 4) is 11.3 Å². The largest absolute Gasteiger partial charge is 0.391 e. The highest BCUT2D eigenvalue weighted by atomic mass is 16.5. The molecule has 0 aliphatic carbocycles. The Morgan fingerprint density at radius 2 is 2.15 bits per heavy atom. The maximum absolute atomic E-state index is 12.6. The van der Waals surface area contributed by atoms with Crippen molar-refractivity contribution in [1.29, 1.82) is 0 Å². The molecule has 2 N–H and O–H groups in total. The van der Waals surface area contributed by atoms with Gasteiger partial charge in [-0.1, -0.05) is 12.1 Å². The lowest BCUT2D eigenvalue weighted by atomic mass is 9.88. The minimum Gasteiger partial charge on any atom is -0.391 e. The fourth-order valence-electron chi connectivity index (χ4n) is 3.86. The van der Waals surface area contributed by atoms with Gasteiger partial charge in [0.2, 0.25) is 0 Å². The van der Waals surface area contributed by atoms with Crippen LogP contribution in [-0.2, 0) is 4.74 Å². The number of ether oxygens (including phenoxy) is 1. The molecule has 27 heavy (non-hydrogen) atoms. The van der Waals surface area contributed by atoms with Crippen LogP contribution in [0.25, 0.3) is 11.3 Å². The normalized spacial score (nSPS) is 21.4. The van der Waals surface area contributed by atoms with Crippen molar-refractivity contribution in [1.82, 2.24) is 14.9 Å². The molecule has 1 aromatic heterocycles. The molecular weight excluding hydrogens is 344 g/mol. The number of rotatable bonds is 2. The van der Waals surface area contributed by atoms with Crippen molar-refractivity contribution in [3.63, 3.8) is 0 Å². The summed E-state index contributed by atoms with van der Waals surface area (Å²) in [6.07, 6.45) is 3.55. The Kier molecular flexibility index (Phi) is 4.80. The zero-order valence-electron chi connectivity index (χ0n) is 15.4. The van der Waals surface area contributed by atoms with Crippen LogP contribution in [0.1, 0.15) is 25.1 Å². The van der Waals surface area contributed by atoms with Gasteiger partial charge in [0.15, 0.2) is 0 Å². The number of nitrogens with one attached hydrogen (secondary N) is 1. The number of carbonyl (C=O) groups excluding carboxylic acids is 1. The maximum atomic E-state index is 12.6. The summed E-state index contributed by atoms with van der Waals surface area (Å²) in [6, 6.07) is 9.40. The van der Waals surface area contributed by atoms with Crippen molar-refractivity contribution in [2.24, 2.45) is 0 Å². The Morgan fingerprint density at radius 3 is 2.85 bits per heavy atom. The molecule has 1 aromatic carbocycles. The Bertz CT molecular complexity index is 833. The van der Waals surface area contributed by atoms with Crippen LogP contribution in [0, 0.1) is 6.92 Å². The number of likely N-dealkylation sites (tertiary alicyclic amines) is 1. The highest BCUT2D eigenvalue weighted by molar-refractivity contribution is 5.90. The molecule has 0 radical (unpaired) electrons. The van der Waals surface area contributed by atoms with E-state index >= 15 is 0 Å². The molecule has 2 fully saturated rings. The molecule has 142 valence electrons. The summed E-state index contributed by atoms with van der Waals surface area (Å²) >= 11 is 0. The number of amides is 2. The quantitative estimate of drug-likeness (QED) is 0.851. The lowest BCUT2D eigenvalue weighted by molar-refractivity contribution is -0.0365. The fraction of sp³-hybridized carbons (Fsp3) is 0.450. The van der Waals surface area contributed by atoms with Crippen LogP contribution < -0.4 is 5.32 Å². The molecule has 2 amide bonds. The number of aliphatic hydroxyl groups excluding tert-OH is 1. The van der Waals surface area contributed by atoms with Gasteiger partial charge in [-0.25, -0.2) is 14.8 Å². The maximum Gasteiger partial charge on any atom is 0.321 e. The minimum absolute atomic E-state index is 0.112. The topological polar surface area (TPSA) is 87.6 Å². The summed E-state index contributed by atoms with van der Waals surface area (Å²) in [7, 11) is 0. The van der Waals surface area contributed by atoms with Gasteiger partial charge in [-0.05, 0) is 38.0 Å². The molecule has 4 rings (SSSR count). The first-order chi connectivity index (χ1) is 13.0. The van der Waals surface area contributed by atoms with E-state index in [4.69, 9.17) is 4.74 Å². The van der Waals surface area contributed by atoms with Crippen molar-refractivity contribution < 1.29 is 14.6 Å². The summed E-state index contributed by atoms with van der Waals surface area (Å²) in [5, 5.41) is 12.7. The molecule has 2 saturated heterocycles. The first-order valence-electron chi connectivity index (χ1n) is 9.31. The molecule has 2 aliphatic rings. The third-order valence-corrected chi connectivity index (χ3v) is 5.34. The van der Waals surface area contributed by atoms with E-state index in [1.165, 1.54) is 0 Å². The number of hydrogen-bond acceptors (Lipinski definition) is 5. The van der Waals surface area contributed by atoms with Gasteiger partial charge in [0.05, 0.1) is 24.0 Å². The number of benzene rings is 1. The highest BCUT2D eigenvalue weighted by Crippen LogP contribution is 2.36. The lowest BCUT2D eigenvalue weighted by Crippen LogP contribution is -2.47. The van der Waals surface area contributed by atoms with E-state index in [0.29, 0.717) is 31.9 Å². The molecule has 7 heteroatoms. The zero-order valence-corrected chi connectivity index (χ0v) is 15.4. The van der Waals surface area contributed by atoms with E-state index in [-0.39, 0.29) is 17.7 Å². The van der Waals surface area contributed by atoms with E-state index in [2.05, 4.69) is 15.3 Å². The summed E-state index contributed by atoms with van der Waals surface area (Å²) in [5.74, 6) is 0.712. The third-order valence-electron chi connectivity index (χ3n) is 5.34. The van der Waals surface area contributed by atoms with Gasteiger partial charge in [-0.3, -0.25) is 0 Å². The third kappa shape index (κ3) is 3.94. The molecule has 2 aromatic rings. The molecular formula is C20H24N4O3. The number of urea groups is 1. The van der Waals surface area contributed by atoms with E-state index in [0.717, 1.165) is 29.8 Å². The zero-order chi connectivity index (χ0) is 18.9. The first-order valence-corrected chi connectivity index (χ1v) is 9.31. The Balaban J connectivity index is 1.40. The Morgan fingerprint density at radius 1 is 1.33 bits per heavy atom. The van der Waals surface area contributed by atoms with Crippen LogP contribution >= 0.6 is 0 Å². The molecule has 1 atom stereocenters. The lowest BCUT2D eigenvalue weighted by Gasteiger charge is -2.38. The highest BCUT2D eigenvalue weighted by Gasteiger charge is 2.42. The molecule has 0 unspecified atom stereocenters. The van der Waals surface area contributed by atoms with E-state index in [9.17, 15) is 9.90 Å². The number of nitrogens with zero attached hydrogens (tertiary/aromatic N) is 3. The van der Waals surface area contributed by atoms with Gasteiger partial charge in [-0.15, -0.1) is 0 Å². The van der Waals surface area contributed by atoms with Crippen molar-refractivity contribution >= 4 is 11.7 Å². The van der Waals surface area contributed by atoms with Gasteiger partial charge >= 0.3 is 6.03 Å². The summed E-state index contributed by atoms with van der Waals surface area (Å²) in [5.41, 5.74) is 2.25. The molecule has 0 saturated carbocycles. The first kappa shape index (κ1) is 17.9. The second-order valence-corrected chi connectivity index (χ2v) is 7.34. The van der Waals surface area contributed by atoms with Gasteiger partial charge in [-0.2, -0.15) is 0 Å². The van der Waals surface area contributed by atoms with Crippen LogP contribution in [0.15, 0.2) is 36.5 Å². The van der Waals surface area contributed by atoms with Crippen molar-refractivity contribution in [2.75, 3.05) is 25.0 Å². The van der Waals surface area contributed by atoms with Crippen LogP contribution in [-0.4, -0.2) is 57.4 Å². The van der Waals surface area contributed by atoms with E-state index < -0.39 is 0 Å². The second kappa shape index (κ2) is 7.25. The summed E-state index contributed by atoms with van der Waals surface area (Å²) < 4.78 is 5.79. The fourth-order valence-corrected chi connectivity index (χ4v) is 3.86.